The van der Waals surface area contributed by atoms with Crippen molar-refractivity contribution < 1.29 is 14.3 Å². The lowest BCUT2D eigenvalue weighted by molar-refractivity contribution is -0.146. The van der Waals surface area contributed by atoms with Crippen LogP contribution >= 0.6 is 28.6 Å². The van der Waals surface area contributed by atoms with Gasteiger partial charge < -0.3 is 10.1 Å². The quantitative estimate of drug-likeness (QED) is 0.592. The van der Waals surface area contributed by atoms with Crippen molar-refractivity contribution in [3.05, 3.63) is 16.4 Å². The first-order valence-electron chi connectivity index (χ1n) is 5.74. The number of carbonyl (C=O) groups excluding carboxylic acids is 2. The van der Waals surface area contributed by atoms with Crippen LogP contribution in [-0.2, 0) is 20.9 Å². The molecule has 0 fully saturated rings. The molecule has 19 heavy (non-hydrogen) atoms. The molecule has 0 aliphatic heterocycles. The van der Waals surface area contributed by atoms with Crippen molar-refractivity contribution in [3.8, 4) is 0 Å². The molecule has 1 rings (SSSR count). The molecular weight excluding hydrogens is 334 g/mol. The van der Waals surface area contributed by atoms with Crippen LogP contribution < -0.4 is 5.32 Å². The normalized spacial score (nSPS) is 12.0. The molecule has 0 spiro atoms. The highest BCUT2D eigenvalue weighted by atomic mass is 79.9. The van der Waals surface area contributed by atoms with Crippen molar-refractivity contribution in [1.82, 2.24) is 15.1 Å². The fraction of sp³-hybridized carbons (Fsp3) is 0.545. The summed E-state index contributed by atoms with van der Waals surface area (Å²) in [5, 5.41) is 6.70. The van der Waals surface area contributed by atoms with Crippen LogP contribution in [0.4, 0.5) is 0 Å². The summed E-state index contributed by atoms with van der Waals surface area (Å²) in [5.41, 5.74) is 0.795. The molecule has 1 aromatic rings. The lowest BCUT2D eigenvalue weighted by Crippen LogP contribution is -2.44. The van der Waals surface area contributed by atoms with E-state index >= 15 is 0 Å². The van der Waals surface area contributed by atoms with Crippen LogP contribution in [0.3, 0.4) is 0 Å². The van der Waals surface area contributed by atoms with Crippen LogP contribution in [-0.4, -0.2) is 40.1 Å². The summed E-state index contributed by atoms with van der Waals surface area (Å²) >= 11 is 7.34. The molecular formula is C11H16BrN3O3S. The van der Waals surface area contributed by atoms with Crippen LogP contribution in [0.2, 0.25) is 0 Å². The van der Waals surface area contributed by atoms with E-state index in [1.54, 1.807) is 13.1 Å². The molecule has 0 unspecified atom stereocenters. The minimum Gasteiger partial charge on any atom is -0.464 e. The number of halogens is 1. The van der Waals surface area contributed by atoms with E-state index in [4.69, 9.17) is 4.74 Å². The van der Waals surface area contributed by atoms with Gasteiger partial charge in [-0.25, -0.2) is 4.79 Å². The lowest BCUT2D eigenvalue weighted by atomic mass is 10.3. The maximum atomic E-state index is 11.8. The van der Waals surface area contributed by atoms with E-state index in [0.29, 0.717) is 0 Å². The van der Waals surface area contributed by atoms with Gasteiger partial charge in [-0.05, 0) is 29.8 Å². The highest BCUT2D eigenvalue weighted by Crippen LogP contribution is 2.12. The Morgan fingerprint density at radius 2 is 2.32 bits per heavy atom. The Kier molecular flexibility index (Phi) is 6.36. The number of aryl methyl sites for hydroxylation is 1. The van der Waals surface area contributed by atoms with Gasteiger partial charge in [-0.2, -0.15) is 17.7 Å². The number of hydrogen-bond donors (Lipinski definition) is 2. The Hall–Kier alpha value is -1.02. The molecule has 6 nitrogen and oxygen atoms in total. The average molecular weight is 350 g/mol. The van der Waals surface area contributed by atoms with E-state index in [-0.39, 0.29) is 24.8 Å². The molecule has 106 valence electrons. The van der Waals surface area contributed by atoms with Gasteiger partial charge in [-0.3, -0.25) is 9.48 Å². The maximum absolute atomic E-state index is 11.8. The largest absolute Gasteiger partial charge is 0.464 e. The fourth-order valence-corrected chi connectivity index (χ4v) is 1.94. The zero-order valence-corrected chi connectivity index (χ0v) is 13.2. The Morgan fingerprint density at radius 3 is 2.79 bits per heavy atom. The third kappa shape index (κ3) is 4.87. The summed E-state index contributed by atoms with van der Waals surface area (Å²) in [6.07, 6.45) is 1.70. The van der Waals surface area contributed by atoms with Gasteiger partial charge in [0, 0.05) is 11.9 Å². The van der Waals surface area contributed by atoms with Gasteiger partial charge in [0.05, 0.1) is 16.8 Å². The Morgan fingerprint density at radius 1 is 1.63 bits per heavy atom. The molecule has 1 heterocycles. The molecule has 0 radical (unpaired) electrons. The van der Waals surface area contributed by atoms with Crippen molar-refractivity contribution >= 4 is 40.4 Å². The number of rotatable bonds is 6. The van der Waals surface area contributed by atoms with Crippen molar-refractivity contribution in [2.45, 2.75) is 26.4 Å². The predicted octanol–water partition coefficient (Wildman–Crippen LogP) is 0.932. The predicted molar refractivity (Wildman–Crippen MR) is 77.1 cm³/mol. The molecule has 0 saturated carbocycles. The lowest BCUT2D eigenvalue weighted by Gasteiger charge is -2.14. The number of hydrogen-bond acceptors (Lipinski definition) is 5. The first kappa shape index (κ1) is 16.0. The molecule has 0 saturated heterocycles. The van der Waals surface area contributed by atoms with E-state index in [1.165, 1.54) is 4.68 Å². The average Bonchev–Trinajstić information content (AvgIpc) is 2.65. The Bertz CT molecular complexity index is 445. The van der Waals surface area contributed by atoms with E-state index in [0.717, 1.165) is 10.2 Å². The second kappa shape index (κ2) is 7.54. The van der Waals surface area contributed by atoms with Gasteiger partial charge >= 0.3 is 5.97 Å². The Labute approximate surface area is 125 Å². The number of esters is 1. The molecule has 1 N–H and O–H groups in total. The molecule has 8 heteroatoms. The summed E-state index contributed by atoms with van der Waals surface area (Å²) in [5.74, 6) is -0.613. The Balaban J connectivity index is 2.56. The van der Waals surface area contributed by atoms with Gasteiger partial charge in [0.25, 0.3) is 0 Å². The van der Waals surface area contributed by atoms with Gasteiger partial charge in [-0.1, -0.05) is 0 Å². The van der Waals surface area contributed by atoms with Crippen LogP contribution in [0.1, 0.15) is 12.6 Å². The fourth-order valence-electron chi connectivity index (χ4n) is 1.38. The van der Waals surface area contributed by atoms with Crippen molar-refractivity contribution in [2.24, 2.45) is 0 Å². The van der Waals surface area contributed by atoms with Gasteiger partial charge in [0.2, 0.25) is 5.91 Å². The maximum Gasteiger partial charge on any atom is 0.329 e. The molecule has 1 atom stereocenters. The second-order valence-corrected chi connectivity index (χ2v) is 5.03. The van der Waals surface area contributed by atoms with Crippen molar-refractivity contribution in [1.29, 1.82) is 0 Å². The third-order valence-electron chi connectivity index (χ3n) is 2.28. The topological polar surface area (TPSA) is 73.2 Å². The second-order valence-electron chi connectivity index (χ2n) is 3.81. The van der Waals surface area contributed by atoms with Crippen molar-refractivity contribution in [2.75, 3.05) is 12.4 Å². The first-order valence-corrected chi connectivity index (χ1v) is 7.16. The summed E-state index contributed by atoms with van der Waals surface area (Å²) in [6, 6.07) is -0.740. The highest BCUT2D eigenvalue weighted by molar-refractivity contribution is 9.10. The van der Waals surface area contributed by atoms with E-state index in [1.807, 2.05) is 6.92 Å². The van der Waals surface area contributed by atoms with Gasteiger partial charge in [0.15, 0.2) is 0 Å². The SMILES string of the molecule is CCOC(=O)[C@H](CS)NC(=O)Cn1cc(Br)c(C)n1. The molecule has 0 aromatic carbocycles. The standard InChI is InChI=1S/C11H16BrN3O3S/c1-3-18-11(17)9(6-19)13-10(16)5-15-4-8(12)7(2)14-15/h4,9,19H,3,5-6H2,1-2H3,(H,13,16)/t9-/m0/s1. The third-order valence-corrected chi connectivity index (χ3v) is 3.42. The number of nitrogens with zero attached hydrogens (tertiary/aromatic N) is 2. The number of amides is 1. The monoisotopic (exact) mass is 349 g/mol. The van der Waals surface area contributed by atoms with Crippen LogP contribution in [0.15, 0.2) is 10.7 Å². The minimum atomic E-state index is -0.740. The number of thiol groups is 1. The van der Waals surface area contributed by atoms with Gasteiger partial charge in [-0.15, -0.1) is 0 Å². The number of carbonyl (C=O) groups is 2. The summed E-state index contributed by atoms with van der Waals surface area (Å²) in [7, 11) is 0. The number of nitrogens with one attached hydrogen (secondary N) is 1. The zero-order chi connectivity index (χ0) is 14.4. The van der Waals surface area contributed by atoms with E-state index in [2.05, 4.69) is 39.0 Å². The number of aromatic nitrogens is 2. The van der Waals surface area contributed by atoms with Crippen LogP contribution in [0.5, 0.6) is 0 Å². The highest BCUT2D eigenvalue weighted by Gasteiger charge is 2.20. The van der Waals surface area contributed by atoms with Gasteiger partial charge in [0.1, 0.15) is 12.6 Å². The smallest absolute Gasteiger partial charge is 0.329 e. The van der Waals surface area contributed by atoms with Crippen molar-refractivity contribution in [3.63, 3.8) is 0 Å². The minimum absolute atomic E-state index is 0.0378. The van der Waals surface area contributed by atoms with E-state index < -0.39 is 12.0 Å². The summed E-state index contributed by atoms with van der Waals surface area (Å²) in [6.45, 7) is 3.84. The molecule has 0 aliphatic carbocycles. The summed E-state index contributed by atoms with van der Waals surface area (Å²) in [4.78, 5) is 23.3. The molecule has 1 aromatic heterocycles. The van der Waals surface area contributed by atoms with E-state index in [9.17, 15) is 9.59 Å². The molecule has 0 bridgehead atoms. The van der Waals surface area contributed by atoms with Crippen LogP contribution in [0.25, 0.3) is 0 Å². The molecule has 0 aliphatic rings. The molecule has 1 amide bonds. The zero-order valence-electron chi connectivity index (χ0n) is 10.7. The summed E-state index contributed by atoms with van der Waals surface area (Å²) < 4.78 is 7.16. The number of ether oxygens (including phenoxy) is 1. The van der Waals surface area contributed by atoms with Crippen LogP contribution in [0, 0.1) is 6.92 Å². The first-order chi connectivity index (χ1) is 8.97.